The van der Waals surface area contributed by atoms with E-state index in [1.165, 1.54) is 6.08 Å². The number of aromatic amines is 1. The van der Waals surface area contributed by atoms with Crippen LogP contribution in [0.3, 0.4) is 0 Å². The molecule has 0 unspecified atom stereocenters. The third-order valence-electron chi connectivity index (χ3n) is 8.52. The molecule has 3 N–H and O–H groups in total. The predicted octanol–water partition coefficient (Wildman–Crippen LogP) is 2.73. The number of ketones is 1. The number of amides is 3. The molecular formula is C28H34N4O4. The largest absolute Gasteiger partial charge is 0.351 e. The standard InChI is InChI=1S/C28H34N4O4/c1-6-21(33)15(3)29-26(35)24-22-18(28(22,4)5)13-32(24)27(36)23(16-10-11-16)31-25(34)20-12-17-14(2)8-7-9-19(17)30-20/h6-9,12,15-16,18,22-24,30H,1,10-11,13H2,2-5H3,(H,29,35)(H,31,34)/t15-,18-,22-,23-,24-/m0/s1. The van der Waals surface area contributed by atoms with Gasteiger partial charge in [0.15, 0.2) is 5.78 Å². The number of carbonyl (C=O) groups is 4. The first-order valence-electron chi connectivity index (χ1n) is 12.7. The summed E-state index contributed by atoms with van der Waals surface area (Å²) in [5.74, 6) is -0.841. The molecule has 5 rings (SSSR count). The van der Waals surface area contributed by atoms with Crippen molar-refractivity contribution in [2.24, 2.45) is 23.2 Å². The van der Waals surface area contributed by atoms with E-state index in [2.05, 4.69) is 36.0 Å². The maximum atomic E-state index is 13.8. The highest BCUT2D eigenvalue weighted by Gasteiger charge is 2.69. The number of fused-ring (bicyclic) bond motifs is 2. The van der Waals surface area contributed by atoms with Gasteiger partial charge in [-0.1, -0.05) is 32.6 Å². The first-order chi connectivity index (χ1) is 17.0. The molecular weight excluding hydrogens is 456 g/mol. The highest BCUT2D eigenvalue weighted by atomic mass is 16.2. The van der Waals surface area contributed by atoms with E-state index in [9.17, 15) is 19.2 Å². The second-order valence-corrected chi connectivity index (χ2v) is 11.2. The van der Waals surface area contributed by atoms with Gasteiger partial charge in [0.25, 0.3) is 5.91 Å². The summed E-state index contributed by atoms with van der Waals surface area (Å²) in [6.45, 7) is 11.8. The lowest BCUT2D eigenvalue weighted by atomic mass is 9.98. The minimum absolute atomic E-state index is 0.0275. The van der Waals surface area contributed by atoms with Gasteiger partial charge in [0, 0.05) is 17.4 Å². The van der Waals surface area contributed by atoms with Crippen LogP contribution < -0.4 is 10.6 Å². The molecule has 2 aliphatic carbocycles. The third-order valence-corrected chi connectivity index (χ3v) is 8.52. The van der Waals surface area contributed by atoms with Crippen LogP contribution >= 0.6 is 0 Å². The van der Waals surface area contributed by atoms with Crippen molar-refractivity contribution in [3.8, 4) is 0 Å². The van der Waals surface area contributed by atoms with Gasteiger partial charge in [-0.25, -0.2) is 0 Å². The Morgan fingerprint density at radius 2 is 1.92 bits per heavy atom. The zero-order valence-electron chi connectivity index (χ0n) is 21.3. The fourth-order valence-corrected chi connectivity index (χ4v) is 6.00. The Labute approximate surface area is 210 Å². The molecule has 1 aromatic heterocycles. The van der Waals surface area contributed by atoms with Crippen molar-refractivity contribution in [1.29, 1.82) is 0 Å². The van der Waals surface area contributed by atoms with Gasteiger partial charge < -0.3 is 20.5 Å². The molecule has 36 heavy (non-hydrogen) atoms. The Balaban J connectivity index is 1.36. The summed E-state index contributed by atoms with van der Waals surface area (Å²) in [6.07, 6.45) is 2.91. The van der Waals surface area contributed by atoms with E-state index >= 15 is 0 Å². The number of rotatable bonds is 8. The highest BCUT2D eigenvalue weighted by Crippen LogP contribution is 2.65. The van der Waals surface area contributed by atoms with Crippen molar-refractivity contribution in [3.05, 3.63) is 48.2 Å². The molecule has 2 heterocycles. The normalized spacial score (nSPS) is 25.6. The molecule has 8 nitrogen and oxygen atoms in total. The average Bonchev–Trinajstić information content (AvgIpc) is 3.61. The van der Waals surface area contributed by atoms with Crippen LogP contribution in [-0.2, 0) is 14.4 Å². The van der Waals surface area contributed by atoms with Gasteiger partial charge in [0.05, 0.1) is 6.04 Å². The molecule has 1 saturated heterocycles. The van der Waals surface area contributed by atoms with Crippen molar-refractivity contribution >= 4 is 34.4 Å². The number of hydrogen-bond acceptors (Lipinski definition) is 4. The van der Waals surface area contributed by atoms with Gasteiger partial charge in [-0.3, -0.25) is 19.2 Å². The Bertz CT molecular complexity index is 1270. The van der Waals surface area contributed by atoms with Crippen LogP contribution in [0.15, 0.2) is 36.9 Å². The van der Waals surface area contributed by atoms with Gasteiger partial charge in [-0.15, -0.1) is 0 Å². The molecule has 1 aliphatic heterocycles. The number of aryl methyl sites for hydroxylation is 1. The zero-order valence-corrected chi connectivity index (χ0v) is 21.3. The fraction of sp³-hybridized carbons (Fsp3) is 0.500. The number of hydrogen-bond donors (Lipinski definition) is 3. The summed E-state index contributed by atoms with van der Waals surface area (Å²) in [6, 6.07) is 5.60. The number of likely N-dealkylation sites (tertiary alicyclic amines) is 1. The van der Waals surface area contributed by atoms with Gasteiger partial charge in [-0.05, 0) is 73.6 Å². The molecule has 0 spiro atoms. The maximum Gasteiger partial charge on any atom is 0.268 e. The van der Waals surface area contributed by atoms with Crippen molar-refractivity contribution in [1.82, 2.24) is 20.5 Å². The number of piperidine rings is 1. The number of aromatic nitrogens is 1. The molecule has 190 valence electrons. The van der Waals surface area contributed by atoms with E-state index in [0.717, 1.165) is 29.3 Å². The maximum absolute atomic E-state index is 13.8. The molecule has 8 heteroatoms. The second-order valence-electron chi connectivity index (χ2n) is 11.2. The van der Waals surface area contributed by atoms with Gasteiger partial charge in [0.1, 0.15) is 17.8 Å². The van der Waals surface area contributed by atoms with Crippen LogP contribution in [0.4, 0.5) is 0 Å². The lowest BCUT2D eigenvalue weighted by Crippen LogP contribution is -2.57. The minimum Gasteiger partial charge on any atom is -0.351 e. The number of nitrogens with zero attached hydrogens (tertiary/aromatic N) is 1. The smallest absolute Gasteiger partial charge is 0.268 e. The van der Waals surface area contributed by atoms with Crippen molar-refractivity contribution in [2.75, 3.05) is 6.54 Å². The van der Waals surface area contributed by atoms with Crippen molar-refractivity contribution in [2.45, 2.75) is 58.7 Å². The van der Waals surface area contributed by atoms with Gasteiger partial charge in [-0.2, -0.15) is 0 Å². The van der Waals surface area contributed by atoms with E-state index in [4.69, 9.17) is 0 Å². The van der Waals surface area contributed by atoms with Crippen molar-refractivity contribution < 1.29 is 19.2 Å². The summed E-state index contributed by atoms with van der Waals surface area (Å²) in [7, 11) is 0. The Morgan fingerprint density at radius 1 is 1.19 bits per heavy atom. The molecule has 0 bridgehead atoms. The lowest BCUT2D eigenvalue weighted by molar-refractivity contribution is -0.142. The topological polar surface area (TPSA) is 111 Å². The van der Waals surface area contributed by atoms with Crippen LogP contribution in [-0.4, -0.2) is 58.1 Å². The summed E-state index contributed by atoms with van der Waals surface area (Å²) in [4.78, 5) is 57.1. The van der Waals surface area contributed by atoms with Gasteiger partial charge >= 0.3 is 0 Å². The Kier molecular flexibility index (Phi) is 5.80. The predicted molar refractivity (Wildman–Crippen MR) is 136 cm³/mol. The summed E-state index contributed by atoms with van der Waals surface area (Å²) in [5.41, 5.74) is 2.30. The van der Waals surface area contributed by atoms with Crippen LogP contribution in [0.1, 0.15) is 49.7 Å². The van der Waals surface area contributed by atoms with E-state index in [1.54, 1.807) is 11.8 Å². The Morgan fingerprint density at radius 3 is 2.56 bits per heavy atom. The average molecular weight is 491 g/mol. The summed E-state index contributed by atoms with van der Waals surface area (Å²) < 4.78 is 0. The minimum atomic E-state index is -0.711. The number of H-pyrrole nitrogens is 1. The number of carbonyl (C=O) groups excluding carboxylic acids is 4. The molecule has 3 amide bonds. The summed E-state index contributed by atoms with van der Waals surface area (Å²) in [5, 5.41) is 6.72. The third kappa shape index (κ3) is 4.02. The molecule has 5 atom stereocenters. The number of nitrogens with one attached hydrogen (secondary N) is 3. The monoisotopic (exact) mass is 490 g/mol. The second kappa shape index (κ2) is 8.61. The quantitative estimate of drug-likeness (QED) is 0.494. The summed E-state index contributed by atoms with van der Waals surface area (Å²) >= 11 is 0. The molecule has 0 radical (unpaired) electrons. The lowest BCUT2D eigenvalue weighted by Gasteiger charge is -2.33. The van der Waals surface area contributed by atoms with Crippen LogP contribution in [0.25, 0.3) is 10.9 Å². The first kappa shape index (κ1) is 24.3. The first-order valence-corrected chi connectivity index (χ1v) is 12.7. The molecule has 3 aliphatic rings. The molecule has 3 fully saturated rings. The van der Waals surface area contributed by atoms with Crippen molar-refractivity contribution in [3.63, 3.8) is 0 Å². The van der Waals surface area contributed by atoms with E-state index < -0.39 is 18.1 Å². The van der Waals surface area contributed by atoms with Crippen LogP contribution in [0.5, 0.6) is 0 Å². The van der Waals surface area contributed by atoms with E-state index in [-0.39, 0.29) is 46.7 Å². The molecule has 1 aromatic carbocycles. The fourth-order valence-electron chi connectivity index (χ4n) is 6.00. The van der Waals surface area contributed by atoms with Crippen LogP contribution in [0.2, 0.25) is 0 Å². The van der Waals surface area contributed by atoms with E-state index in [1.807, 2.05) is 31.2 Å². The number of benzene rings is 1. The molecule has 2 saturated carbocycles. The van der Waals surface area contributed by atoms with Gasteiger partial charge in [0.2, 0.25) is 11.8 Å². The highest BCUT2D eigenvalue weighted by molar-refractivity contribution is 6.02. The Hall–Kier alpha value is -3.42. The van der Waals surface area contributed by atoms with E-state index in [0.29, 0.717) is 12.2 Å². The zero-order chi connectivity index (χ0) is 25.9. The van der Waals surface area contributed by atoms with Crippen LogP contribution in [0, 0.1) is 30.1 Å². The SMILES string of the molecule is C=CC(=O)[C@H](C)NC(=O)[C@@H]1[C@@H]2[C@H](CN1C(=O)[C@@H](NC(=O)c1cc3c(C)cccc3[nH]1)C1CC1)C2(C)C. The molecule has 2 aromatic rings.